The van der Waals surface area contributed by atoms with Crippen LogP contribution in [0.25, 0.3) is 11.3 Å². The fraction of sp³-hybridized carbons (Fsp3) is 0.133. The lowest BCUT2D eigenvalue weighted by molar-refractivity contribution is 0.531. The molecule has 0 radical (unpaired) electrons. The zero-order valence-electron chi connectivity index (χ0n) is 11.0. The molecule has 5 heteroatoms. The molecule has 2 heterocycles. The third-order valence-corrected chi connectivity index (χ3v) is 2.96. The van der Waals surface area contributed by atoms with Gasteiger partial charge in [0.2, 0.25) is 0 Å². The first-order valence-corrected chi connectivity index (χ1v) is 6.28. The van der Waals surface area contributed by atoms with Crippen molar-refractivity contribution in [2.75, 3.05) is 5.32 Å². The number of nitrogens with one attached hydrogen (secondary N) is 1. The van der Waals surface area contributed by atoms with Gasteiger partial charge in [-0.25, -0.2) is 4.39 Å². The van der Waals surface area contributed by atoms with Gasteiger partial charge in [0.15, 0.2) is 0 Å². The van der Waals surface area contributed by atoms with E-state index in [4.69, 9.17) is 4.42 Å². The molecule has 0 atom stereocenters. The Balaban J connectivity index is 1.69. The van der Waals surface area contributed by atoms with Gasteiger partial charge in [-0.2, -0.15) is 5.10 Å². The summed E-state index contributed by atoms with van der Waals surface area (Å²) >= 11 is 0. The molecule has 3 aromatic rings. The van der Waals surface area contributed by atoms with E-state index in [0.29, 0.717) is 6.54 Å². The van der Waals surface area contributed by atoms with E-state index in [-0.39, 0.29) is 5.82 Å². The van der Waals surface area contributed by atoms with Crippen LogP contribution in [0.1, 0.15) is 5.76 Å². The first-order chi connectivity index (χ1) is 9.70. The van der Waals surface area contributed by atoms with Crippen molar-refractivity contribution in [1.29, 1.82) is 0 Å². The second-order valence-electron chi connectivity index (χ2n) is 4.53. The van der Waals surface area contributed by atoms with E-state index >= 15 is 0 Å². The van der Waals surface area contributed by atoms with E-state index in [1.165, 1.54) is 12.1 Å². The maximum atomic E-state index is 12.9. The fourth-order valence-corrected chi connectivity index (χ4v) is 1.94. The van der Waals surface area contributed by atoms with Crippen molar-refractivity contribution in [3.8, 4) is 11.3 Å². The molecule has 1 aromatic carbocycles. The molecule has 0 aliphatic rings. The Morgan fingerprint density at radius 2 is 2.00 bits per heavy atom. The Hall–Kier alpha value is -2.56. The molecule has 1 N–H and O–H groups in total. The normalized spacial score (nSPS) is 10.7. The molecular formula is C15H14FN3O. The molecular weight excluding hydrogens is 257 g/mol. The second kappa shape index (κ2) is 5.21. The number of anilines is 1. The van der Waals surface area contributed by atoms with Gasteiger partial charge in [0.1, 0.15) is 17.3 Å². The van der Waals surface area contributed by atoms with Crippen LogP contribution in [-0.2, 0) is 13.6 Å². The minimum atomic E-state index is -0.251. The zero-order chi connectivity index (χ0) is 13.9. The maximum absolute atomic E-state index is 12.9. The van der Waals surface area contributed by atoms with E-state index in [0.717, 1.165) is 22.8 Å². The van der Waals surface area contributed by atoms with Gasteiger partial charge in [-0.1, -0.05) is 0 Å². The number of aromatic nitrogens is 2. The van der Waals surface area contributed by atoms with Crippen molar-refractivity contribution in [2.24, 2.45) is 7.05 Å². The molecule has 2 aromatic heterocycles. The average Bonchev–Trinajstić information content (AvgIpc) is 3.06. The Bertz CT molecular complexity index is 700. The summed E-state index contributed by atoms with van der Waals surface area (Å²) in [5.41, 5.74) is 1.80. The van der Waals surface area contributed by atoms with Crippen molar-refractivity contribution in [1.82, 2.24) is 9.78 Å². The van der Waals surface area contributed by atoms with E-state index in [9.17, 15) is 4.39 Å². The highest BCUT2D eigenvalue weighted by Gasteiger charge is 2.05. The summed E-state index contributed by atoms with van der Waals surface area (Å²) in [6, 6.07) is 10.0. The summed E-state index contributed by atoms with van der Waals surface area (Å²) in [5, 5.41) is 7.30. The SMILES string of the molecule is Cn1cc(NCc2ccc(-c3ccc(F)cc3)o2)cn1. The predicted octanol–water partition coefficient (Wildman–Crippen LogP) is 3.43. The lowest BCUT2D eigenvalue weighted by Crippen LogP contribution is -1.96. The molecule has 4 nitrogen and oxygen atoms in total. The highest BCUT2D eigenvalue weighted by Crippen LogP contribution is 2.22. The minimum absolute atomic E-state index is 0.251. The molecule has 102 valence electrons. The van der Waals surface area contributed by atoms with Gasteiger partial charge in [0, 0.05) is 18.8 Å². The summed E-state index contributed by atoms with van der Waals surface area (Å²) in [6.45, 7) is 0.576. The predicted molar refractivity (Wildman–Crippen MR) is 74.6 cm³/mol. The van der Waals surface area contributed by atoms with Crippen LogP contribution in [0, 0.1) is 5.82 Å². The van der Waals surface area contributed by atoms with Crippen molar-refractivity contribution in [2.45, 2.75) is 6.54 Å². The van der Waals surface area contributed by atoms with Gasteiger partial charge < -0.3 is 9.73 Å². The minimum Gasteiger partial charge on any atom is -0.459 e. The number of rotatable bonds is 4. The standard InChI is InChI=1S/C15H14FN3O/c1-19-10-13(8-18-19)17-9-14-6-7-15(20-14)11-2-4-12(16)5-3-11/h2-8,10,17H,9H2,1H3. The molecule has 0 fully saturated rings. The molecule has 0 spiro atoms. The van der Waals surface area contributed by atoms with E-state index in [2.05, 4.69) is 10.4 Å². The third-order valence-electron chi connectivity index (χ3n) is 2.96. The number of benzene rings is 1. The van der Waals surface area contributed by atoms with Gasteiger partial charge in [-0.15, -0.1) is 0 Å². The molecule has 0 saturated heterocycles. The summed E-state index contributed by atoms with van der Waals surface area (Å²) < 4.78 is 20.3. The van der Waals surface area contributed by atoms with Crippen molar-refractivity contribution < 1.29 is 8.81 Å². The molecule has 0 unspecified atom stereocenters. The van der Waals surface area contributed by atoms with Crippen LogP contribution in [0.4, 0.5) is 10.1 Å². The highest BCUT2D eigenvalue weighted by molar-refractivity contribution is 5.57. The molecule has 0 saturated carbocycles. The van der Waals surface area contributed by atoms with Gasteiger partial charge in [0.05, 0.1) is 18.4 Å². The first kappa shape index (κ1) is 12.5. The summed E-state index contributed by atoms with van der Waals surface area (Å²) in [7, 11) is 1.87. The highest BCUT2D eigenvalue weighted by atomic mass is 19.1. The van der Waals surface area contributed by atoms with Gasteiger partial charge >= 0.3 is 0 Å². The molecule has 0 bridgehead atoms. The van der Waals surface area contributed by atoms with Gasteiger partial charge in [0.25, 0.3) is 0 Å². The van der Waals surface area contributed by atoms with Gasteiger partial charge in [-0.05, 0) is 36.4 Å². The molecule has 20 heavy (non-hydrogen) atoms. The Labute approximate surface area is 115 Å². The number of halogens is 1. The number of aryl methyl sites for hydroxylation is 1. The number of hydrogen-bond donors (Lipinski definition) is 1. The van der Waals surface area contributed by atoms with Crippen LogP contribution >= 0.6 is 0 Å². The Morgan fingerprint density at radius 1 is 1.20 bits per heavy atom. The summed E-state index contributed by atoms with van der Waals surface area (Å²) in [5.74, 6) is 1.29. The van der Waals surface area contributed by atoms with Crippen LogP contribution < -0.4 is 5.32 Å². The monoisotopic (exact) mass is 271 g/mol. The van der Waals surface area contributed by atoms with Crippen LogP contribution in [0.2, 0.25) is 0 Å². The summed E-state index contributed by atoms with van der Waals surface area (Å²) in [6.07, 6.45) is 3.65. The topological polar surface area (TPSA) is 43.0 Å². The lowest BCUT2D eigenvalue weighted by atomic mass is 10.2. The van der Waals surface area contributed by atoms with Crippen LogP contribution in [0.15, 0.2) is 53.2 Å². The third kappa shape index (κ3) is 2.71. The first-order valence-electron chi connectivity index (χ1n) is 6.28. The Morgan fingerprint density at radius 3 is 2.70 bits per heavy atom. The van der Waals surface area contributed by atoms with Crippen molar-refractivity contribution in [3.05, 3.63) is 60.4 Å². The average molecular weight is 271 g/mol. The number of nitrogens with zero attached hydrogens (tertiary/aromatic N) is 2. The molecule has 0 aliphatic heterocycles. The number of hydrogen-bond acceptors (Lipinski definition) is 3. The Kier molecular flexibility index (Phi) is 3.25. The van der Waals surface area contributed by atoms with E-state index in [1.807, 2.05) is 25.4 Å². The maximum Gasteiger partial charge on any atom is 0.134 e. The zero-order valence-corrected chi connectivity index (χ0v) is 11.0. The summed E-state index contributed by atoms with van der Waals surface area (Å²) in [4.78, 5) is 0. The van der Waals surface area contributed by atoms with Crippen LogP contribution in [0.5, 0.6) is 0 Å². The van der Waals surface area contributed by atoms with Crippen LogP contribution in [0.3, 0.4) is 0 Å². The quantitative estimate of drug-likeness (QED) is 0.790. The van der Waals surface area contributed by atoms with Crippen molar-refractivity contribution >= 4 is 5.69 Å². The number of furan rings is 1. The van der Waals surface area contributed by atoms with E-state index < -0.39 is 0 Å². The molecule has 3 rings (SSSR count). The molecule has 0 amide bonds. The van der Waals surface area contributed by atoms with E-state index in [1.54, 1.807) is 23.0 Å². The second-order valence-corrected chi connectivity index (χ2v) is 4.53. The molecule has 0 aliphatic carbocycles. The van der Waals surface area contributed by atoms with Crippen molar-refractivity contribution in [3.63, 3.8) is 0 Å². The lowest BCUT2D eigenvalue weighted by Gasteiger charge is -2.00. The smallest absolute Gasteiger partial charge is 0.134 e. The van der Waals surface area contributed by atoms with Gasteiger partial charge in [-0.3, -0.25) is 4.68 Å². The largest absolute Gasteiger partial charge is 0.459 e. The van der Waals surface area contributed by atoms with Crippen LogP contribution in [-0.4, -0.2) is 9.78 Å². The fourth-order valence-electron chi connectivity index (χ4n) is 1.94.